The number of hydrogen-bond donors (Lipinski definition) is 2. The summed E-state index contributed by atoms with van der Waals surface area (Å²) >= 11 is 1.16. The number of primary amides is 1. The monoisotopic (exact) mass is 447 g/mol. The summed E-state index contributed by atoms with van der Waals surface area (Å²) in [5.41, 5.74) is 7.26. The minimum atomic E-state index is -0.739. The molecule has 8 heteroatoms. The molecular weight excluding hydrogens is 422 g/mol. The van der Waals surface area contributed by atoms with E-state index in [0.29, 0.717) is 47.9 Å². The normalized spacial score (nSPS) is 18.4. The fraction of sp³-hybridized carbons (Fsp3) is 0.417. The predicted octanol–water partition coefficient (Wildman–Crippen LogP) is 3.37. The summed E-state index contributed by atoms with van der Waals surface area (Å²) in [4.78, 5) is 19.1. The highest BCUT2D eigenvalue weighted by Crippen LogP contribution is 2.48. The van der Waals surface area contributed by atoms with E-state index < -0.39 is 16.8 Å². The van der Waals surface area contributed by atoms with Crippen molar-refractivity contribution in [2.24, 2.45) is 5.73 Å². The highest BCUT2D eigenvalue weighted by molar-refractivity contribution is 8.00. The Morgan fingerprint density at radius 3 is 2.38 bits per heavy atom. The Balaban J connectivity index is 1.81. The van der Waals surface area contributed by atoms with Crippen LogP contribution in [0.5, 0.6) is 0 Å². The van der Waals surface area contributed by atoms with Crippen molar-refractivity contribution in [2.45, 2.75) is 54.4 Å². The fourth-order valence-corrected chi connectivity index (χ4v) is 5.16. The number of hydrogen-bond acceptors (Lipinski definition) is 7. The Bertz CT molecular complexity index is 1110. The van der Waals surface area contributed by atoms with Gasteiger partial charge in [0.25, 0.3) is 0 Å². The van der Waals surface area contributed by atoms with E-state index in [1.165, 1.54) is 0 Å². The molecule has 2 fully saturated rings. The predicted molar refractivity (Wildman–Crippen MR) is 122 cm³/mol. The number of amides is 1. The van der Waals surface area contributed by atoms with Crippen LogP contribution in [-0.4, -0.2) is 34.7 Å². The van der Waals surface area contributed by atoms with Crippen molar-refractivity contribution in [3.05, 3.63) is 52.6 Å². The molecule has 0 spiro atoms. The molecule has 1 aromatic heterocycles. The van der Waals surface area contributed by atoms with Crippen LogP contribution in [0.15, 0.2) is 35.4 Å². The first-order valence-electron chi connectivity index (χ1n) is 10.7. The number of carbonyl (C=O) groups excluding carboxylic acids is 1. The van der Waals surface area contributed by atoms with Crippen LogP contribution in [0.3, 0.4) is 0 Å². The molecule has 3 N–H and O–H groups in total. The molecule has 1 saturated carbocycles. The number of piperidine rings is 1. The molecule has 0 radical (unpaired) electrons. The molecule has 2 heterocycles. The third-order valence-electron chi connectivity index (χ3n) is 6.12. The summed E-state index contributed by atoms with van der Waals surface area (Å²) in [5, 5.41) is 30.1. The third kappa shape index (κ3) is 4.43. The van der Waals surface area contributed by atoms with Gasteiger partial charge in [-0.25, -0.2) is 4.98 Å². The van der Waals surface area contributed by atoms with Gasteiger partial charge in [0.1, 0.15) is 28.2 Å². The van der Waals surface area contributed by atoms with E-state index in [1.807, 2.05) is 42.2 Å². The lowest BCUT2D eigenvalue weighted by molar-refractivity contribution is -0.117. The van der Waals surface area contributed by atoms with Gasteiger partial charge in [0.05, 0.1) is 16.7 Å². The second kappa shape index (κ2) is 8.82. The zero-order chi connectivity index (χ0) is 22.9. The first-order chi connectivity index (χ1) is 15.3. The van der Waals surface area contributed by atoms with Crippen LogP contribution in [0.4, 0.5) is 5.82 Å². The number of carbonyl (C=O) groups is 1. The second-order valence-corrected chi connectivity index (χ2v) is 9.79. The van der Waals surface area contributed by atoms with E-state index in [-0.39, 0.29) is 5.92 Å². The van der Waals surface area contributed by atoms with E-state index in [0.717, 1.165) is 35.7 Å². The molecule has 4 rings (SSSR count). The maximum Gasteiger partial charge on any atom is 0.235 e. The standard InChI is InChI=1S/C24H25N5O2S/c1-24(31)9-11-29(12-10-24)22-17(13-25)19(15-7-8-15)18(14-26)23(28-22)32-20(21(27)30)16-5-3-2-4-6-16/h2-6,15,20,31H,7-12H2,1H3,(H2,27,30). The number of nitriles is 2. The Hall–Kier alpha value is -3.07. The lowest BCUT2D eigenvalue weighted by atomic mass is 9.93. The smallest absolute Gasteiger partial charge is 0.235 e. The molecule has 1 saturated heterocycles. The summed E-state index contributed by atoms with van der Waals surface area (Å²) in [5.74, 6) is 0.166. The van der Waals surface area contributed by atoms with Crippen LogP contribution in [-0.2, 0) is 4.79 Å². The zero-order valence-electron chi connectivity index (χ0n) is 17.9. The number of benzene rings is 1. The molecule has 164 valence electrons. The van der Waals surface area contributed by atoms with Gasteiger partial charge in [0, 0.05) is 13.1 Å². The SMILES string of the molecule is CC1(O)CCN(c2nc(SC(C(N)=O)c3ccccc3)c(C#N)c(C3CC3)c2C#N)CC1. The van der Waals surface area contributed by atoms with Crippen molar-refractivity contribution in [1.82, 2.24) is 4.98 Å². The van der Waals surface area contributed by atoms with Crippen molar-refractivity contribution < 1.29 is 9.90 Å². The van der Waals surface area contributed by atoms with Crippen LogP contribution in [0.2, 0.25) is 0 Å². The molecule has 7 nitrogen and oxygen atoms in total. The summed E-state index contributed by atoms with van der Waals surface area (Å²) < 4.78 is 0. The molecule has 1 aromatic carbocycles. The Morgan fingerprint density at radius 1 is 1.22 bits per heavy atom. The van der Waals surface area contributed by atoms with Crippen molar-refractivity contribution in [2.75, 3.05) is 18.0 Å². The number of thioether (sulfide) groups is 1. The molecule has 2 aromatic rings. The minimum absolute atomic E-state index is 0.150. The summed E-state index contributed by atoms with van der Waals surface area (Å²) in [6, 6.07) is 13.7. The van der Waals surface area contributed by atoms with Crippen LogP contribution in [0, 0.1) is 22.7 Å². The highest BCUT2D eigenvalue weighted by atomic mass is 32.2. The lowest BCUT2D eigenvalue weighted by Gasteiger charge is -2.37. The van der Waals surface area contributed by atoms with E-state index in [2.05, 4.69) is 12.1 Å². The average molecular weight is 448 g/mol. The number of aromatic nitrogens is 1. The molecule has 32 heavy (non-hydrogen) atoms. The quantitative estimate of drug-likeness (QED) is 0.650. The maximum absolute atomic E-state index is 12.3. The second-order valence-electron chi connectivity index (χ2n) is 8.70. The molecule has 1 aliphatic carbocycles. The largest absolute Gasteiger partial charge is 0.390 e. The number of rotatable bonds is 6. The Kier molecular flexibility index (Phi) is 6.10. The van der Waals surface area contributed by atoms with Crippen LogP contribution < -0.4 is 10.6 Å². The van der Waals surface area contributed by atoms with Crippen LogP contribution in [0.25, 0.3) is 0 Å². The Morgan fingerprint density at radius 2 is 1.84 bits per heavy atom. The lowest BCUT2D eigenvalue weighted by Crippen LogP contribution is -2.43. The minimum Gasteiger partial charge on any atom is -0.390 e. The first kappa shape index (κ1) is 22.1. The van der Waals surface area contributed by atoms with Crippen molar-refractivity contribution in [3.63, 3.8) is 0 Å². The van der Waals surface area contributed by atoms with Crippen LogP contribution in [0.1, 0.15) is 66.0 Å². The zero-order valence-corrected chi connectivity index (χ0v) is 18.7. The molecule has 1 unspecified atom stereocenters. The van der Waals surface area contributed by atoms with Gasteiger partial charge in [0.2, 0.25) is 5.91 Å². The van der Waals surface area contributed by atoms with E-state index in [9.17, 15) is 20.4 Å². The van der Waals surface area contributed by atoms with Crippen molar-refractivity contribution in [3.8, 4) is 12.1 Å². The first-order valence-corrected chi connectivity index (χ1v) is 11.6. The average Bonchev–Trinajstić information content (AvgIpc) is 3.62. The number of nitrogens with zero attached hydrogens (tertiary/aromatic N) is 4. The van der Waals surface area contributed by atoms with Crippen LogP contribution >= 0.6 is 11.8 Å². The van der Waals surface area contributed by atoms with Gasteiger partial charge in [-0.15, -0.1) is 0 Å². The van der Waals surface area contributed by atoms with Gasteiger partial charge in [-0.3, -0.25) is 4.79 Å². The number of aliphatic hydroxyl groups is 1. The van der Waals surface area contributed by atoms with E-state index >= 15 is 0 Å². The Labute approximate surface area is 191 Å². The molecule has 1 aliphatic heterocycles. The summed E-state index contributed by atoms with van der Waals surface area (Å²) in [7, 11) is 0. The highest BCUT2D eigenvalue weighted by Gasteiger charge is 2.36. The maximum atomic E-state index is 12.3. The van der Waals surface area contributed by atoms with E-state index in [1.54, 1.807) is 0 Å². The van der Waals surface area contributed by atoms with Gasteiger partial charge in [-0.2, -0.15) is 10.5 Å². The number of pyridine rings is 1. The third-order valence-corrected chi connectivity index (χ3v) is 7.38. The molecule has 2 aliphatic rings. The number of anilines is 1. The topological polar surface area (TPSA) is 127 Å². The molecule has 1 atom stereocenters. The van der Waals surface area contributed by atoms with Gasteiger partial charge in [-0.05, 0) is 49.7 Å². The van der Waals surface area contributed by atoms with Gasteiger partial charge >= 0.3 is 0 Å². The van der Waals surface area contributed by atoms with Crippen molar-refractivity contribution >= 4 is 23.5 Å². The molecule has 1 amide bonds. The van der Waals surface area contributed by atoms with Gasteiger partial charge in [0.15, 0.2) is 0 Å². The molecule has 0 bridgehead atoms. The van der Waals surface area contributed by atoms with Gasteiger partial charge in [-0.1, -0.05) is 42.1 Å². The van der Waals surface area contributed by atoms with Crippen molar-refractivity contribution in [1.29, 1.82) is 10.5 Å². The summed E-state index contributed by atoms with van der Waals surface area (Å²) in [6.07, 6.45) is 2.97. The van der Waals surface area contributed by atoms with Gasteiger partial charge < -0.3 is 15.7 Å². The fourth-order valence-electron chi connectivity index (χ4n) is 4.11. The summed E-state index contributed by atoms with van der Waals surface area (Å²) in [6.45, 7) is 2.94. The van der Waals surface area contributed by atoms with E-state index in [4.69, 9.17) is 10.7 Å². The number of nitrogens with two attached hydrogens (primary N) is 1. The molecular formula is C24H25N5O2S.